The van der Waals surface area contributed by atoms with E-state index in [9.17, 15) is 10.1 Å². The normalized spacial score (nSPS) is 9.50. The summed E-state index contributed by atoms with van der Waals surface area (Å²) in [6.07, 6.45) is 0. The van der Waals surface area contributed by atoms with Gasteiger partial charge in [0, 0.05) is 6.07 Å². The molecule has 0 atom stereocenters. The number of nitrogens with zero attached hydrogens (tertiary/aromatic N) is 2. The fraction of sp³-hybridized carbons (Fsp3) is 0. The number of nitro groups is 1. The minimum absolute atomic E-state index is 0.123. The Morgan fingerprint density at radius 2 is 2.14 bits per heavy atom. The van der Waals surface area contributed by atoms with Crippen molar-refractivity contribution >= 4 is 33.3 Å². The van der Waals surface area contributed by atoms with Crippen molar-refractivity contribution in [2.24, 2.45) is 16.5 Å². The highest BCUT2D eigenvalue weighted by Gasteiger charge is 2.15. The van der Waals surface area contributed by atoms with Crippen molar-refractivity contribution in [3.8, 4) is 0 Å². The third kappa shape index (κ3) is 2.19. The summed E-state index contributed by atoms with van der Waals surface area (Å²) < 4.78 is 0.472. The van der Waals surface area contributed by atoms with Crippen molar-refractivity contribution in [2.45, 2.75) is 0 Å². The maximum absolute atomic E-state index is 10.6. The van der Waals surface area contributed by atoms with Crippen LogP contribution in [0, 0.1) is 10.1 Å². The topological polar surface area (TPSA) is 108 Å². The number of rotatable bonds is 2. The van der Waals surface area contributed by atoms with E-state index in [0.29, 0.717) is 4.47 Å². The van der Waals surface area contributed by atoms with E-state index >= 15 is 0 Å². The molecule has 0 aromatic heterocycles. The number of guanidine groups is 1. The van der Waals surface area contributed by atoms with Crippen LogP contribution >= 0.6 is 15.9 Å². The molecule has 0 fully saturated rings. The van der Waals surface area contributed by atoms with Crippen LogP contribution in [-0.4, -0.2) is 10.9 Å². The van der Waals surface area contributed by atoms with Crippen molar-refractivity contribution in [3.63, 3.8) is 0 Å². The number of hydrogen-bond acceptors (Lipinski definition) is 3. The van der Waals surface area contributed by atoms with Crippen LogP contribution in [0.15, 0.2) is 27.7 Å². The minimum Gasteiger partial charge on any atom is -0.370 e. The summed E-state index contributed by atoms with van der Waals surface area (Å²) in [5.74, 6) is -0.222. The molecule has 1 aromatic rings. The Balaban J connectivity index is 3.37. The second-order valence-electron chi connectivity index (χ2n) is 2.40. The quantitative estimate of drug-likeness (QED) is 0.360. The molecule has 74 valence electrons. The zero-order valence-electron chi connectivity index (χ0n) is 6.98. The van der Waals surface area contributed by atoms with Gasteiger partial charge in [0.1, 0.15) is 0 Å². The highest BCUT2D eigenvalue weighted by molar-refractivity contribution is 9.10. The van der Waals surface area contributed by atoms with Gasteiger partial charge in [0.15, 0.2) is 11.6 Å². The Morgan fingerprint density at radius 3 is 2.64 bits per heavy atom. The van der Waals surface area contributed by atoms with Gasteiger partial charge in [-0.2, -0.15) is 0 Å². The standard InChI is InChI=1S/C7H7BrN4O2/c8-4-2-1-3-5(12(13)14)6(4)11-7(9)10/h1-3H,(H4,9,10,11). The predicted molar refractivity (Wildman–Crippen MR) is 56.3 cm³/mol. The third-order valence-corrected chi connectivity index (χ3v) is 2.04. The van der Waals surface area contributed by atoms with Crippen LogP contribution < -0.4 is 11.5 Å². The average molecular weight is 259 g/mol. The number of nitro benzene ring substituents is 1. The lowest BCUT2D eigenvalue weighted by Gasteiger charge is -1.99. The van der Waals surface area contributed by atoms with Gasteiger partial charge in [-0.25, -0.2) is 4.99 Å². The monoisotopic (exact) mass is 258 g/mol. The Kier molecular flexibility index (Phi) is 3.03. The molecule has 0 spiro atoms. The van der Waals surface area contributed by atoms with Gasteiger partial charge in [0.25, 0.3) is 5.69 Å². The van der Waals surface area contributed by atoms with E-state index in [-0.39, 0.29) is 17.3 Å². The third-order valence-electron chi connectivity index (χ3n) is 1.40. The molecule has 14 heavy (non-hydrogen) atoms. The molecule has 0 saturated heterocycles. The summed E-state index contributed by atoms with van der Waals surface area (Å²) in [7, 11) is 0. The first kappa shape index (κ1) is 10.5. The van der Waals surface area contributed by atoms with Crippen LogP contribution in [0.2, 0.25) is 0 Å². The minimum atomic E-state index is -0.549. The van der Waals surface area contributed by atoms with E-state index in [1.165, 1.54) is 12.1 Å². The fourth-order valence-corrected chi connectivity index (χ4v) is 1.34. The van der Waals surface area contributed by atoms with Crippen molar-refractivity contribution in [3.05, 3.63) is 32.8 Å². The van der Waals surface area contributed by atoms with E-state index in [0.717, 1.165) is 0 Å². The number of benzene rings is 1. The van der Waals surface area contributed by atoms with E-state index in [2.05, 4.69) is 20.9 Å². The van der Waals surface area contributed by atoms with Crippen LogP contribution in [0.25, 0.3) is 0 Å². The Hall–Kier alpha value is -1.63. The fourth-order valence-electron chi connectivity index (χ4n) is 0.891. The number of hydrogen-bond donors (Lipinski definition) is 2. The van der Waals surface area contributed by atoms with E-state index in [4.69, 9.17) is 11.5 Å². The molecule has 0 radical (unpaired) electrons. The molecule has 1 aromatic carbocycles. The molecular weight excluding hydrogens is 252 g/mol. The van der Waals surface area contributed by atoms with Crippen LogP contribution in [0.5, 0.6) is 0 Å². The van der Waals surface area contributed by atoms with Crippen molar-refractivity contribution in [2.75, 3.05) is 0 Å². The van der Waals surface area contributed by atoms with Crippen molar-refractivity contribution < 1.29 is 4.92 Å². The zero-order chi connectivity index (χ0) is 10.7. The van der Waals surface area contributed by atoms with E-state index in [1.807, 2.05) is 0 Å². The molecule has 0 bridgehead atoms. The second-order valence-corrected chi connectivity index (χ2v) is 3.26. The number of nitrogens with two attached hydrogens (primary N) is 2. The first-order valence-corrected chi connectivity index (χ1v) is 4.34. The first-order valence-electron chi connectivity index (χ1n) is 3.55. The van der Waals surface area contributed by atoms with Gasteiger partial charge in [-0.3, -0.25) is 10.1 Å². The second kappa shape index (κ2) is 4.05. The summed E-state index contributed by atoms with van der Waals surface area (Å²) in [6, 6.07) is 4.48. The molecule has 6 nitrogen and oxygen atoms in total. The summed E-state index contributed by atoms with van der Waals surface area (Å²) in [5, 5.41) is 10.6. The van der Waals surface area contributed by atoms with Gasteiger partial charge < -0.3 is 11.5 Å². The van der Waals surface area contributed by atoms with E-state index < -0.39 is 4.92 Å². The SMILES string of the molecule is NC(N)=Nc1c(Br)cccc1[N+](=O)[O-]. The average Bonchev–Trinajstić information content (AvgIpc) is 2.07. The molecule has 7 heteroatoms. The highest BCUT2D eigenvalue weighted by Crippen LogP contribution is 2.34. The molecule has 0 aliphatic rings. The number of halogens is 1. The maximum atomic E-state index is 10.6. The summed E-state index contributed by atoms with van der Waals surface area (Å²) in [6.45, 7) is 0. The summed E-state index contributed by atoms with van der Waals surface area (Å²) in [4.78, 5) is 13.7. The summed E-state index contributed by atoms with van der Waals surface area (Å²) >= 11 is 3.12. The Morgan fingerprint density at radius 1 is 1.50 bits per heavy atom. The predicted octanol–water partition coefficient (Wildman–Crippen LogP) is 1.26. The molecule has 1 rings (SSSR count). The van der Waals surface area contributed by atoms with E-state index in [1.54, 1.807) is 6.07 Å². The molecule has 0 aliphatic carbocycles. The van der Waals surface area contributed by atoms with Crippen LogP contribution in [0.1, 0.15) is 0 Å². The first-order chi connectivity index (χ1) is 6.52. The molecule has 0 saturated carbocycles. The molecule has 4 N–H and O–H groups in total. The van der Waals surface area contributed by atoms with Crippen molar-refractivity contribution in [1.82, 2.24) is 0 Å². The van der Waals surface area contributed by atoms with Gasteiger partial charge in [-0.1, -0.05) is 6.07 Å². The van der Waals surface area contributed by atoms with Gasteiger partial charge >= 0.3 is 0 Å². The smallest absolute Gasteiger partial charge is 0.296 e. The van der Waals surface area contributed by atoms with Gasteiger partial charge in [-0.15, -0.1) is 0 Å². The highest BCUT2D eigenvalue weighted by atomic mass is 79.9. The van der Waals surface area contributed by atoms with Gasteiger partial charge in [-0.05, 0) is 22.0 Å². The van der Waals surface area contributed by atoms with Crippen LogP contribution in [0.3, 0.4) is 0 Å². The van der Waals surface area contributed by atoms with Crippen molar-refractivity contribution in [1.29, 1.82) is 0 Å². The van der Waals surface area contributed by atoms with Gasteiger partial charge in [0.05, 0.1) is 9.40 Å². The Labute approximate surface area is 87.9 Å². The molecule has 0 aliphatic heterocycles. The lowest BCUT2D eigenvalue weighted by molar-refractivity contribution is -0.384. The molecule has 0 heterocycles. The van der Waals surface area contributed by atoms with Crippen LogP contribution in [-0.2, 0) is 0 Å². The molecule has 0 unspecified atom stereocenters. The van der Waals surface area contributed by atoms with Gasteiger partial charge in [0.2, 0.25) is 0 Å². The molecular formula is C7H7BrN4O2. The number of aliphatic imine (C=N–C) groups is 1. The summed E-state index contributed by atoms with van der Waals surface area (Å²) in [5.41, 5.74) is 10.3. The zero-order valence-corrected chi connectivity index (χ0v) is 8.56. The number of para-hydroxylation sites is 1. The van der Waals surface area contributed by atoms with Crippen LogP contribution in [0.4, 0.5) is 11.4 Å². The largest absolute Gasteiger partial charge is 0.370 e. The maximum Gasteiger partial charge on any atom is 0.296 e. The molecule has 0 amide bonds. The lowest BCUT2D eigenvalue weighted by atomic mass is 10.3. The Bertz CT molecular complexity index is 401. The lowest BCUT2D eigenvalue weighted by Crippen LogP contribution is -2.22.